The minimum atomic E-state index is -1.22. The summed E-state index contributed by atoms with van der Waals surface area (Å²) in [5, 5.41) is 0. The van der Waals surface area contributed by atoms with Crippen LogP contribution in [0.25, 0.3) is 0 Å². The van der Waals surface area contributed by atoms with Crippen LogP contribution in [0.3, 0.4) is 0 Å². The summed E-state index contributed by atoms with van der Waals surface area (Å²) in [6.07, 6.45) is 1.82. The minimum absolute atomic E-state index is 0.149. The van der Waals surface area contributed by atoms with Crippen LogP contribution in [0.15, 0.2) is 103 Å². The number of anilines is 2. The SMILES string of the molecule is CC(=O)C(Cc1ccccc1)(C(=O)c1ccc(N2CCOCC2)cc1)N(C)C.CCC(Cc1ccc(C)cc1)(C(=O)c1ccc(N2CCOCC2)cc1)N(C)C. The lowest BCUT2D eigenvalue weighted by Crippen LogP contribution is -2.58. The number of benzene rings is 4. The van der Waals surface area contributed by atoms with Crippen molar-refractivity contribution in [2.45, 2.75) is 51.1 Å². The van der Waals surface area contributed by atoms with Crippen LogP contribution in [0.5, 0.6) is 0 Å². The molecular formula is C47H60N4O5. The van der Waals surface area contributed by atoms with E-state index in [9.17, 15) is 14.4 Å². The number of carbonyl (C=O) groups excluding carboxylic acids is 3. The van der Waals surface area contributed by atoms with Crippen molar-refractivity contribution in [2.24, 2.45) is 0 Å². The zero-order valence-corrected chi connectivity index (χ0v) is 34.4. The van der Waals surface area contributed by atoms with Gasteiger partial charge in [0.25, 0.3) is 0 Å². The molecule has 4 aromatic carbocycles. The van der Waals surface area contributed by atoms with E-state index >= 15 is 0 Å². The van der Waals surface area contributed by atoms with E-state index in [1.165, 1.54) is 18.1 Å². The fourth-order valence-electron chi connectivity index (χ4n) is 7.82. The average Bonchev–Trinajstić information content (AvgIpc) is 3.23. The summed E-state index contributed by atoms with van der Waals surface area (Å²) in [5.74, 6) is -0.125. The molecule has 2 unspecified atom stereocenters. The molecule has 9 nitrogen and oxygen atoms in total. The largest absolute Gasteiger partial charge is 0.378 e. The first kappa shape index (κ1) is 42.5. The predicted octanol–water partition coefficient (Wildman–Crippen LogP) is 6.81. The van der Waals surface area contributed by atoms with Gasteiger partial charge in [0, 0.05) is 55.1 Å². The number of rotatable bonds is 14. The van der Waals surface area contributed by atoms with Crippen LogP contribution >= 0.6 is 0 Å². The van der Waals surface area contributed by atoms with Gasteiger partial charge in [-0.05, 0) is 115 Å². The number of carbonyl (C=O) groups is 3. The van der Waals surface area contributed by atoms with Crippen molar-refractivity contribution >= 4 is 28.7 Å². The van der Waals surface area contributed by atoms with Crippen molar-refractivity contribution in [2.75, 3.05) is 90.6 Å². The van der Waals surface area contributed by atoms with E-state index in [-0.39, 0.29) is 17.3 Å². The van der Waals surface area contributed by atoms with Crippen LogP contribution in [-0.2, 0) is 27.1 Å². The van der Waals surface area contributed by atoms with Crippen LogP contribution in [-0.4, -0.2) is 119 Å². The molecule has 0 aromatic heterocycles. The van der Waals surface area contributed by atoms with Gasteiger partial charge in [0.15, 0.2) is 17.3 Å². The van der Waals surface area contributed by atoms with Gasteiger partial charge in [-0.1, -0.05) is 67.1 Å². The number of hydrogen-bond acceptors (Lipinski definition) is 9. The summed E-state index contributed by atoms with van der Waals surface area (Å²) in [6, 6.07) is 33.9. The lowest BCUT2D eigenvalue weighted by atomic mass is 9.79. The topological polar surface area (TPSA) is 82.6 Å². The summed E-state index contributed by atoms with van der Waals surface area (Å²) in [6.45, 7) is 12.1. The maximum atomic E-state index is 13.6. The second-order valence-electron chi connectivity index (χ2n) is 15.4. The Bertz CT molecular complexity index is 1870. The zero-order chi connectivity index (χ0) is 40.3. The van der Waals surface area contributed by atoms with Gasteiger partial charge in [-0.15, -0.1) is 0 Å². The fourth-order valence-corrected chi connectivity index (χ4v) is 7.82. The molecule has 2 aliphatic heterocycles. The van der Waals surface area contributed by atoms with E-state index in [0.29, 0.717) is 31.6 Å². The molecule has 6 rings (SSSR count). The normalized spacial score (nSPS) is 16.7. The molecule has 0 saturated carbocycles. The Kier molecular flexibility index (Phi) is 14.8. The van der Waals surface area contributed by atoms with E-state index in [2.05, 4.69) is 64.9 Å². The third kappa shape index (κ3) is 9.82. The Morgan fingerprint density at radius 2 is 1.04 bits per heavy atom. The third-order valence-electron chi connectivity index (χ3n) is 11.5. The van der Waals surface area contributed by atoms with Gasteiger partial charge in [-0.3, -0.25) is 24.2 Å². The molecule has 2 heterocycles. The molecule has 0 spiro atoms. The van der Waals surface area contributed by atoms with Crippen molar-refractivity contribution in [1.29, 1.82) is 0 Å². The van der Waals surface area contributed by atoms with E-state index < -0.39 is 11.1 Å². The number of morpholine rings is 2. The van der Waals surface area contributed by atoms with Crippen LogP contribution in [0, 0.1) is 6.92 Å². The number of hydrogen-bond donors (Lipinski definition) is 0. The maximum Gasteiger partial charge on any atom is 0.190 e. The first-order valence-corrected chi connectivity index (χ1v) is 19.8. The van der Waals surface area contributed by atoms with Gasteiger partial charge < -0.3 is 19.3 Å². The van der Waals surface area contributed by atoms with Gasteiger partial charge in [-0.2, -0.15) is 0 Å². The molecule has 4 aromatic rings. The Hall–Kier alpha value is -4.67. The molecule has 0 N–H and O–H groups in total. The lowest BCUT2D eigenvalue weighted by molar-refractivity contribution is -0.125. The molecule has 0 amide bonds. The monoisotopic (exact) mass is 760 g/mol. The van der Waals surface area contributed by atoms with Gasteiger partial charge in [-0.25, -0.2) is 0 Å². The molecule has 0 aliphatic carbocycles. The molecule has 56 heavy (non-hydrogen) atoms. The summed E-state index contributed by atoms with van der Waals surface area (Å²) in [4.78, 5) is 48.3. The van der Waals surface area contributed by atoms with Gasteiger partial charge in [0.1, 0.15) is 5.54 Å². The Balaban J connectivity index is 0.000000214. The Morgan fingerprint density at radius 1 is 0.589 bits per heavy atom. The number of nitrogens with zero attached hydrogens (tertiary/aromatic N) is 4. The van der Waals surface area contributed by atoms with Crippen molar-refractivity contribution in [3.05, 3.63) is 131 Å². The summed E-state index contributed by atoms with van der Waals surface area (Å²) in [5.41, 5.74) is 5.19. The highest BCUT2D eigenvalue weighted by Gasteiger charge is 2.46. The zero-order valence-electron chi connectivity index (χ0n) is 34.4. The second-order valence-corrected chi connectivity index (χ2v) is 15.4. The number of likely N-dealkylation sites (N-methyl/N-ethyl adjacent to an activating group) is 2. The first-order valence-electron chi connectivity index (χ1n) is 19.8. The van der Waals surface area contributed by atoms with E-state index in [0.717, 1.165) is 68.3 Å². The summed E-state index contributed by atoms with van der Waals surface area (Å²) in [7, 11) is 7.62. The third-order valence-corrected chi connectivity index (χ3v) is 11.5. The summed E-state index contributed by atoms with van der Waals surface area (Å²) < 4.78 is 10.8. The molecule has 298 valence electrons. The highest BCUT2D eigenvalue weighted by atomic mass is 16.5. The smallest absolute Gasteiger partial charge is 0.190 e. The van der Waals surface area contributed by atoms with Crippen LogP contribution in [0.2, 0.25) is 0 Å². The van der Waals surface area contributed by atoms with Crippen molar-refractivity contribution in [3.8, 4) is 0 Å². The quantitative estimate of drug-likeness (QED) is 0.102. The maximum absolute atomic E-state index is 13.6. The van der Waals surface area contributed by atoms with Crippen LogP contribution < -0.4 is 9.80 Å². The highest BCUT2D eigenvalue weighted by Crippen LogP contribution is 2.30. The van der Waals surface area contributed by atoms with E-state index in [1.807, 2.05) is 80.8 Å². The first-order chi connectivity index (χ1) is 26.9. The number of Topliss-reactive ketones (excluding diaryl/α,β-unsaturated/α-hetero) is 3. The van der Waals surface area contributed by atoms with Crippen molar-refractivity contribution in [3.63, 3.8) is 0 Å². The number of aryl methyl sites for hydroxylation is 1. The molecule has 0 bridgehead atoms. The highest BCUT2D eigenvalue weighted by molar-refractivity contribution is 6.18. The van der Waals surface area contributed by atoms with Gasteiger partial charge >= 0.3 is 0 Å². The lowest BCUT2D eigenvalue weighted by Gasteiger charge is -2.38. The van der Waals surface area contributed by atoms with E-state index in [4.69, 9.17) is 9.47 Å². The van der Waals surface area contributed by atoms with Gasteiger partial charge in [0.05, 0.1) is 32.0 Å². The van der Waals surface area contributed by atoms with Crippen LogP contribution in [0.1, 0.15) is 57.7 Å². The Morgan fingerprint density at radius 3 is 1.45 bits per heavy atom. The fraction of sp³-hybridized carbons (Fsp3) is 0.426. The van der Waals surface area contributed by atoms with E-state index in [1.54, 1.807) is 19.0 Å². The molecule has 2 saturated heterocycles. The average molecular weight is 761 g/mol. The minimum Gasteiger partial charge on any atom is -0.378 e. The molecule has 2 fully saturated rings. The Labute approximate surface area is 334 Å². The summed E-state index contributed by atoms with van der Waals surface area (Å²) >= 11 is 0. The second kappa shape index (κ2) is 19.5. The van der Waals surface area contributed by atoms with Crippen molar-refractivity contribution < 1.29 is 23.9 Å². The number of ketones is 3. The molecule has 2 aliphatic rings. The molecule has 9 heteroatoms. The molecule has 2 atom stereocenters. The molecular weight excluding hydrogens is 701 g/mol. The van der Waals surface area contributed by atoms with Gasteiger partial charge in [0.2, 0.25) is 0 Å². The van der Waals surface area contributed by atoms with Crippen molar-refractivity contribution in [1.82, 2.24) is 9.80 Å². The van der Waals surface area contributed by atoms with Crippen LogP contribution in [0.4, 0.5) is 11.4 Å². The predicted molar refractivity (Wildman–Crippen MR) is 226 cm³/mol. The number of ether oxygens (including phenoxy) is 2. The standard InChI is InChI=1S/C24H32N2O2.C23H28N2O3/c1-5-24(25(3)4,18-20-8-6-19(2)7-9-20)23(27)21-10-12-22(13-11-21)26-14-16-28-17-15-26;1-18(26)23(24(2)3,17-19-7-5-4-6-8-19)22(27)20-9-11-21(12-10-20)25-13-15-28-16-14-25/h6-13H,5,14-18H2,1-4H3;4-12H,13-17H2,1-3H3. The molecule has 0 radical (unpaired) electrons.